The third-order valence-corrected chi connectivity index (χ3v) is 5.82. The maximum Gasteiger partial charge on any atom is 0.0384 e. The van der Waals surface area contributed by atoms with Crippen LogP contribution in [0.25, 0.3) is 32.7 Å². The van der Waals surface area contributed by atoms with Crippen molar-refractivity contribution in [3.8, 4) is 11.1 Å². The Kier molecular flexibility index (Phi) is 4.49. The molecule has 2 heteroatoms. The Hall–Kier alpha value is -2.85. The van der Waals surface area contributed by atoms with Crippen LogP contribution >= 0.6 is 22.6 Å². The van der Waals surface area contributed by atoms with Crippen LogP contribution in [-0.4, -0.2) is 0 Å². The van der Waals surface area contributed by atoms with Crippen molar-refractivity contribution in [1.82, 2.24) is 0 Å². The third kappa shape index (κ3) is 3.36. The first-order valence-electron chi connectivity index (χ1n) is 9.31. The lowest BCUT2D eigenvalue weighted by molar-refractivity contribution is 1.53. The fraction of sp³-hybridized carbons (Fsp3) is 0. The normalized spacial score (nSPS) is 11.0. The van der Waals surface area contributed by atoms with E-state index in [2.05, 4.69) is 131 Å². The van der Waals surface area contributed by atoms with Gasteiger partial charge < -0.3 is 5.32 Å². The number of anilines is 2. The SMILES string of the molecule is Ic1ccc(Nc2ccc(-c3ccc4ccc5ccccc5c4c3)cc2)cc1. The number of fused-ring (bicyclic) bond motifs is 3. The van der Waals surface area contributed by atoms with E-state index in [4.69, 9.17) is 0 Å². The molecule has 0 atom stereocenters. The molecule has 1 N–H and O–H groups in total. The molecule has 5 aromatic carbocycles. The summed E-state index contributed by atoms with van der Waals surface area (Å²) in [5.41, 5.74) is 4.66. The maximum absolute atomic E-state index is 3.46. The first kappa shape index (κ1) is 17.3. The van der Waals surface area contributed by atoms with Crippen LogP contribution in [0.2, 0.25) is 0 Å². The number of rotatable bonds is 3. The molecule has 0 unspecified atom stereocenters. The van der Waals surface area contributed by atoms with Gasteiger partial charge in [0.1, 0.15) is 0 Å². The summed E-state index contributed by atoms with van der Waals surface area (Å²) in [5, 5.41) is 8.63. The molecule has 0 aliphatic rings. The molecule has 0 fully saturated rings. The minimum atomic E-state index is 1.09. The molecule has 28 heavy (non-hydrogen) atoms. The van der Waals surface area contributed by atoms with Crippen LogP contribution in [0.1, 0.15) is 0 Å². The third-order valence-electron chi connectivity index (χ3n) is 5.10. The largest absolute Gasteiger partial charge is 0.356 e. The van der Waals surface area contributed by atoms with Crippen molar-refractivity contribution in [2.45, 2.75) is 0 Å². The van der Waals surface area contributed by atoms with Crippen LogP contribution in [0.15, 0.2) is 103 Å². The van der Waals surface area contributed by atoms with Gasteiger partial charge in [-0.1, -0.05) is 60.7 Å². The monoisotopic (exact) mass is 471 g/mol. The Bertz CT molecular complexity index is 1270. The second-order valence-corrected chi connectivity index (χ2v) is 8.18. The summed E-state index contributed by atoms with van der Waals surface area (Å²) >= 11 is 2.32. The summed E-state index contributed by atoms with van der Waals surface area (Å²) in [6.45, 7) is 0. The summed E-state index contributed by atoms with van der Waals surface area (Å²) in [6.07, 6.45) is 0. The van der Waals surface area contributed by atoms with E-state index in [0.29, 0.717) is 0 Å². The molecule has 0 aliphatic heterocycles. The highest BCUT2D eigenvalue weighted by Gasteiger charge is 2.04. The molecule has 0 aromatic heterocycles. The van der Waals surface area contributed by atoms with E-state index in [1.54, 1.807) is 0 Å². The topological polar surface area (TPSA) is 12.0 Å². The second kappa shape index (κ2) is 7.28. The Morgan fingerprint density at radius 2 is 1.07 bits per heavy atom. The minimum absolute atomic E-state index is 1.09. The predicted octanol–water partition coefficient (Wildman–Crippen LogP) is 8.01. The van der Waals surface area contributed by atoms with Crippen molar-refractivity contribution in [2.75, 3.05) is 5.32 Å². The van der Waals surface area contributed by atoms with E-state index in [-0.39, 0.29) is 0 Å². The van der Waals surface area contributed by atoms with Gasteiger partial charge in [0.2, 0.25) is 0 Å². The molecule has 0 saturated heterocycles. The molecule has 0 amide bonds. The summed E-state index contributed by atoms with van der Waals surface area (Å²) in [4.78, 5) is 0. The zero-order valence-corrected chi connectivity index (χ0v) is 17.4. The van der Waals surface area contributed by atoms with Crippen LogP contribution in [0.3, 0.4) is 0 Å². The average Bonchev–Trinajstić information content (AvgIpc) is 2.75. The quantitative estimate of drug-likeness (QED) is 0.208. The molecule has 0 spiro atoms. The van der Waals surface area contributed by atoms with Gasteiger partial charge in [-0.3, -0.25) is 0 Å². The van der Waals surface area contributed by atoms with Gasteiger partial charge in [0.05, 0.1) is 0 Å². The molecule has 1 nitrogen and oxygen atoms in total. The van der Waals surface area contributed by atoms with E-state index >= 15 is 0 Å². The predicted molar refractivity (Wildman–Crippen MR) is 129 cm³/mol. The van der Waals surface area contributed by atoms with E-state index in [1.807, 2.05) is 0 Å². The Morgan fingerprint density at radius 1 is 0.500 bits per heavy atom. The second-order valence-electron chi connectivity index (χ2n) is 6.93. The molecule has 5 aromatic rings. The number of halogens is 1. The first-order chi connectivity index (χ1) is 13.8. The van der Waals surface area contributed by atoms with Gasteiger partial charge in [0.15, 0.2) is 0 Å². The van der Waals surface area contributed by atoms with Gasteiger partial charge in [-0.2, -0.15) is 0 Å². The average molecular weight is 471 g/mol. The van der Waals surface area contributed by atoms with E-state index in [1.165, 1.54) is 36.2 Å². The number of hydrogen-bond acceptors (Lipinski definition) is 1. The molecule has 0 bridgehead atoms. The summed E-state index contributed by atoms with van der Waals surface area (Å²) in [6, 6.07) is 36.8. The molecule has 134 valence electrons. The molecule has 0 heterocycles. The lowest BCUT2D eigenvalue weighted by atomic mass is 9.97. The summed E-state index contributed by atoms with van der Waals surface area (Å²) in [5.74, 6) is 0. The lowest BCUT2D eigenvalue weighted by Crippen LogP contribution is -1.90. The summed E-state index contributed by atoms with van der Waals surface area (Å²) in [7, 11) is 0. The van der Waals surface area contributed by atoms with E-state index in [9.17, 15) is 0 Å². The molecular formula is C26H18IN. The van der Waals surface area contributed by atoms with Crippen molar-refractivity contribution in [2.24, 2.45) is 0 Å². The highest BCUT2D eigenvalue weighted by atomic mass is 127. The van der Waals surface area contributed by atoms with Gasteiger partial charge in [-0.25, -0.2) is 0 Å². The van der Waals surface area contributed by atoms with Crippen molar-refractivity contribution in [3.05, 3.63) is 107 Å². The first-order valence-corrected chi connectivity index (χ1v) is 10.4. The molecule has 0 saturated carbocycles. The summed E-state index contributed by atoms with van der Waals surface area (Å²) < 4.78 is 1.24. The zero-order valence-electron chi connectivity index (χ0n) is 15.2. The Balaban J connectivity index is 1.49. The number of nitrogens with one attached hydrogen (secondary N) is 1. The number of benzene rings is 5. The highest BCUT2D eigenvalue weighted by Crippen LogP contribution is 2.31. The number of hydrogen-bond donors (Lipinski definition) is 1. The van der Waals surface area contributed by atoms with Gasteiger partial charge in [-0.05, 0) is 97.7 Å². The molecular weight excluding hydrogens is 453 g/mol. The van der Waals surface area contributed by atoms with Gasteiger partial charge in [0, 0.05) is 14.9 Å². The van der Waals surface area contributed by atoms with Crippen molar-refractivity contribution < 1.29 is 0 Å². The van der Waals surface area contributed by atoms with Crippen LogP contribution in [0, 0.1) is 3.57 Å². The Morgan fingerprint density at radius 3 is 1.82 bits per heavy atom. The van der Waals surface area contributed by atoms with Gasteiger partial charge >= 0.3 is 0 Å². The van der Waals surface area contributed by atoms with Crippen molar-refractivity contribution in [3.63, 3.8) is 0 Å². The standard InChI is InChI=1S/C26H18IN/c27-22-11-15-24(16-12-22)28-23-13-9-18(10-14-23)21-8-7-20-6-5-19-3-1-2-4-25(19)26(20)17-21/h1-17,28H. The van der Waals surface area contributed by atoms with Crippen molar-refractivity contribution >= 4 is 55.5 Å². The zero-order chi connectivity index (χ0) is 18.9. The van der Waals surface area contributed by atoms with Gasteiger partial charge in [0.25, 0.3) is 0 Å². The van der Waals surface area contributed by atoms with Crippen LogP contribution in [-0.2, 0) is 0 Å². The van der Waals surface area contributed by atoms with E-state index < -0.39 is 0 Å². The highest BCUT2D eigenvalue weighted by molar-refractivity contribution is 14.1. The van der Waals surface area contributed by atoms with Crippen LogP contribution in [0.4, 0.5) is 11.4 Å². The smallest absolute Gasteiger partial charge is 0.0384 e. The molecule has 5 rings (SSSR count). The van der Waals surface area contributed by atoms with Gasteiger partial charge in [-0.15, -0.1) is 0 Å². The fourth-order valence-electron chi connectivity index (χ4n) is 3.63. The fourth-order valence-corrected chi connectivity index (χ4v) is 3.99. The van der Waals surface area contributed by atoms with Crippen molar-refractivity contribution in [1.29, 1.82) is 0 Å². The van der Waals surface area contributed by atoms with Crippen LogP contribution in [0.5, 0.6) is 0 Å². The Labute approximate surface area is 178 Å². The molecule has 0 aliphatic carbocycles. The van der Waals surface area contributed by atoms with Crippen LogP contribution < -0.4 is 5.32 Å². The maximum atomic E-state index is 3.46. The van der Waals surface area contributed by atoms with E-state index in [0.717, 1.165) is 11.4 Å². The lowest BCUT2D eigenvalue weighted by Gasteiger charge is -2.10. The molecule has 0 radical (unpaired) electrons. The minimum Gasteiger partial charge on any atom is -0.356 e.